The van der Waals surface area contributed by atoms with Crippen molar-refractivity contribution in [3.63, 3.8) is 0 Å². The molecule has 1 amide bonds. The van der Waals surface area contributed by atoms with Gasteiger partial charge in [0.2, 0.25) is 10.0 Å². The van der Waals surface area contributed by atoms with Crippen LogP contribution < -0.4 is 10.2 Å². The van der Waals surface area contributed by atoms with Crippen LogP contribution in [0.25, 0.3) is 0 Å². The second-order valence-corrected chi connectivity index (χ2v) is 9.52. The highest BCUT2D eigenvalue weighted by Gasteiger charge is 2.24. The SMILES string of the molecule is CCN(c1ccc(NC(=O)c2cccc(S(=O)(=O)N(C)C(C)C)c2)cc1)C(C)C. The van der Waals surface area contributed by atoms with Gasteiger partial charge in [0.1, 0.15) is 0 Å². The van der Waals surface area contributed by atoms with Gasteiger partial charge < -0.3 is 10.2 Å². The van der Waals surface area contributed by atoms with Crippen molar-refractivity contribution >= 4 is 27.3 Å². The van der Waals surface area contributed by atoms with E-state index in [0.29, 0.717) is 17.3 Å². The minimum Gasteiger partial charge on any atom is -0.369 e. The molecule has 1 N–H and O–H groups in total. The molecule has 2 aromatic carbocycles. The van der Waals surface area contributed by atoms with Crippen molar-refractivity contribution in [1.29, 1.82) is 0 Å². The van der Waals surface area contributed by atoms with E-state index in [2.05, 4.69) is 31.0 Å². The molecule has 6 nitrogen and oxygen atoms in total. The lowest BCUT2D eigenvalue weighted by Gasteiger charge is -2.27. The molecule has 158 valence electrons. The molecule has 0 aromatic heterocycles. The van der Waals surface area contributed by atoms with Crippen LogP contribution in [0.1, 0.15) is 45.0 Å². The van der Waals surface area contributed by atoms with Crippen LogP contribution in [0.4, 0.5) is 11.4 Å². The lowest BCUT2D eigenvalue weighted by molar-refractivity contribution is 0.102. The first-order chi connectivity index (χ1) is 13.6. The summed E-state index contributed by atoms with van der Waals surface area (Å²) in [7, 11) is -2.11. The van der Waals surface area contributed by atoms with Crippen molar-refractivity contribution in [2.24, 2.45) is 0 Å². The van der Waals surface area contributed by atoms with Crippen molar-refractivity contribution in [1.82, 2.24) is 4.31 Å². The Labute approximate surface area is 174 Å². The number of sulfonamides is 1. The van der Waals surface area contributed by atoms with E-state index in [1.165, 1.54) is 23.5 Å². The van der Waals surface area contributed by atoms with E-state index in [4.69, 9.17) is 0 Å². The molecule has 0 saturated carbocycles. The molecule has 7 heteroatoms. The fourth-order valence-electron chi connectivity index (χ4n) is 3.03. The van der Waals surface area contributed by atoms with E-state index >= 15 is 0 Å². The Morgan fingerprint density at radius 1 is 1.00 bits per heavy atom. The monoisotopic (exact) mass is 417 g/mol. The predicted octanol–water partition coefficient (Wildman–Crippen LogP) is 4.20. The molecule has 29 heavy (non-hydrogen) atoms. The van der Waals surface area contributed by atoms with Crippen molar-refractivity contribution in [3.8, 4) is 0 Å². The Morgan fingerprint density at radius 2 is 1.62 bits per heavy atom. The molecule has 0 atom stereocenters. The number of rotatable bonds is 8. The van der Waals surface area contributed by atoms with Crippen LogP contribution in [0.15, 0.2) is 53.4 Å². The highest BCUT2D eigenvalue weighted by atomic mass is 32.2. The summed E-state index contributed by atoms with van der Waals surface area (Å²) in [5.41, 5.74) is 2.04. The van der Waals surface area contributed by atoms with Gasteiger partial charge >= 0.3 is 0 Å². The number of carbonyl (C=O) groups is 1. The molecule has 0 saturated heterocycles. The second-order valence-electron chi connectivity index (χ2n) is 7.52. The van der Waals surface area contributed by atoms with Gasteiger partial charge in [0, 0.05) is 42.6 Å². The standard InChI is InChI=1S/C22H31N3O3S/c1-7-25(17(4)5)20-13-11-19(12-14-20)23-22(26)18-9-8-10-21(15-18)29(27,28)24(6)16(2)3/h8-17H,7H2,1-6H3,(H,23,26). The molecule has 0 heterocycles. The normalized spacial score (nSPS) is 11.9. The third kappa shape index (κ3) is 5.36. The summed E-state index contributed by atoms with van der Waals surface area (Å²) in [4.78, 5) is 15.0. The van der Waals surface area contributed by atoms with Gasteiger partial charge in [-0.25, -0.2) is 8.42 Å². The van der Waals surface area contributed by atoms with Crippen LogP contribution in [-0.4, -0.2) is 44.3 Å². The summed E-state index contributed by atoms with van der Waals surface area (Å²) in [5.74, 6) is -0.349. The Balaban J connectivity index is 2.20. The van der Waals surface area contributed by atoms with Crippen molar-refractivity contribution in [3.05, 3.63) is 54.1 Å². The van der Waals surface area contributed by atoms with Gasteiger partial charge in [0.25, 0.3) is 5.91 Å². The molecule has 2 rings (SSSR count). The summed E-state index contributed by atoms with van der Waals surface area (Å²) < 4.78 is 26.7. The first-order valence-electron chi connectivity index (χ1n) is 9.84. The van der Waals surface area contributed by atoms with Gasteiger partial charge in [-0.3, -0.25) is 4.79 Å². The maximum Gasteiger partial charge on any atom is 0.255 e. The third-order valence-electron chi connectivity index (χ3n) is 4.92. The van der Waals surface area contributed by atoms with Crippen LogP contribution in [0.2, 0.25) is 0 Å². The number of hydrogen-bond acceptors (Lipinski definition) is 4. The topological polar surface area (TPSA) is 69.7 Å². The molecular formula is C22H31N3O3S. The summed E-state index contributed by atoms with van der Waals surface area (Å²) >= 11 is 0. The number of benzene rings is 2. The summed E-state index contributed by atoms with van der Waals surface area (Å²) in [6, 6.07) is 14.0. The second kappa shape index (κ2) is 9.41. The first-order valence-corrected chi connectivity index (χ1v) is 11.3. The van der Waals surface area contributed by atoms with Crippen molar-refractivity contribution < 1.29 is 13.2 Å². The molecule has 0 fully saturated rings. The van der Waals surface area contributed by atoms with Gasteiger partial charge in [0.15, 0.2) is 0 Å². The minimum absolute atomic E-state index is 0.104. The van der Waals surface area contributed by atoms with E-state index in [1.807, 2.05) is 24.3 Å². The number of amides is 1. The van der Waals surface area contributed by atoms with E-state index in [1.54, 1.807) is 26.0 Å². The Hall–Kier alpha value is -2.38. The summed E-state index contributed by atoms with van der Waals surface area (Å²) in [6.07, 6.45) is 0. The quantitative estimate of drug-likeness (QED) is 0.699. The summed E-state index contributed by atoms with van der Waals surface area (Å²) in [5, 5.41) is 2.84. The van der Waals surface area contributed by atoms with Crippen LogP contribution in [0.5, 0.6) is 0 Å². The van der Waals surface area contributed by atoms with Gasteiger partial charge in [-0.2, -0.15) is 4.31 Å². The largest absolute Gasteiger partial charge is 0.369 e. The molecule has 2 aromatic rings. The van der Waals surface area contributed by atoms with Crippen LogP contribution in [-0.2, 0) is 10.0 Å². The smallest absolute Gasteiger partial charge is 0.255 e. The Morgan fingerprint density at radius 3 is 2.14 bits per heavy atom. The lowest BCUT2D eigenvalue weighted by atomic mass is 10.2. The van der Waals surface area contributed by atoms with Crippen LogP contribution in [0.3, 0.4) is 0 Å². The maximum atomic E-state index is 12.7. The van der Waals surface area contributed by atoms with Gasteiger partial charge in [0.05, 0.1) is 4.90 Å². The third-order valence-corrected chi connectivity index (χ3v) is 6.95. The van der Waals surface area contributed by atoms with E-state index in [-0.39, 0.29) is 16.8 Å². The molecule has 0 bridgehead atoms. The fourth-order valence-corrected chi connectivity index (χ4v) is 4.44. The predicted molar refractivity (Wildman–Crippen MR) is 119 cm³/mol. The fraction of sp³-hybridized carbons (Fsp3) is 0.409. The molecule has 0 spiro atoms. The maximum absolute atomic E-state index is 12.7. The molecule has 0 aliphatic heterocycles. The highest BCUT2D eigenvalue weighted by Crippen LogP contribution is 2.21. The number of nitrogens with one attached hydrogen (secondary N) is 1. The minimum atomic E-state index is -3.65. The molecule has 0 unspecified atom stereocenters. The van der Waals surface area contributed by atoms with Crippen molar-refractivity contribution in [2.45, 2.75) is 51.6 Å². The molecular weight excluding hydrogens is 386 g/mol. The van der Waals surface area contributed by atoms with Gasteiger partial charge in [-0.05, 0) is 77.1 Å². The van der Waals surface area contributed by atoms with Crippen LogP contribution in [0, 0.1) is 0 Å². The number of anilines is 2. The Bertz CT molecular complexity index is 938. The molecule has 0 aliphatic rings. The lowest BCUT2D eigenvalue weighted by Crippen LogP contribution is -2.33. The number of carbonyl (C=O) groups excluding carboxylic acids is 1. The zero-order chi connectivity index (χ0) is 21.8. The molecule has 0 radical (unpaired) electrons. The number of hydrogen-bond donors (Lipinski definition) is 1. The first kappa shape index (κ1) is 22.9. The van der Waals surface area contributed by atoms with E-state index < -0.39 is 10.0 Å². The molecule has 0 aliphatic carbocycles. The highest BCUT2D eigenvalue weighted by molar-refractivity contribution is 7.89. The van der Waals surface area contributed by atoms with Gasteiger partial charge in [-0.15, -0.1) is 0 Å². The average molecular weight is 418 g/mol. The summed E-state index contributed by atoms with van der Waals surface area (Å²) in [6.45, 7) is 10.9. The van der Waals surface area contributed by atoms with Crippen LogP contribution >= 0.6 is 0 Å². The number of nitrogens with zero attached hydrogens (tertiary/aromatic N) is 2. The Kier molecular flexibility index (Phi) is 7.43. The van der Waals surface area contributed by atoms with E-state index in [9.17, 15) is 13.2 Å². The van der Waals surface area contributed by atoms with Gasteiger partial charge in [-0.1, -0.05) is 6.07 Å². The van der Waals surface area contributed by atoms with E-state index in [0.717, 1.165) is 12.2 Å². The average Bonchev–Trinajstić information content (AvgIpc) is 2.68. The zero-order valence-electron chi connectivity index (χ0n) is 18.0. The van der Waals surface area contributed by atoms with Crippen molar-refractivity contribution in [2.75, 3.05) is 23.8 Å². The zero-order valence-corrected chi connectivity index (χ0v) is 18.8.